The van der Waals surface area contributed by atoms with Crippen LogP contribution in [-0.4, -0.2) is 27.5 Å². The zero-order valence-electron chi connectivity index (χ0n) is 11.7. The summed E-state index contributed by atoms with van der Waals surface area (Å²) in [7, 11) is 0. The van der Waals surface area contributed by atoms with Crippen LogP contribution in [0.2, 0.25) is 0 Å². The van der Waals surface area contributed by atoms with Gasteiger partial charge in [0.1, 0.15) is 12.0 Å². The summed E-state index contributed by atoms with van der Waals surface area (Å²) in [5.41, 5.74) is -0.0692. The van der Waals surface area contributed by atoms with E-state index in [9.17, 15) is 14.9 Å². The van der Waals surface area contributed by atoms with Gasteiger partial charge < -0.3 is 10.4 Å². The van der Waals surface area contributed by atoms with Crippen molar-refractivity contribution in [2.45, 2.75) is 32.6 Å². The minimum atomic E-state index is -0.777. The molecule has 116 valence electrons. The van der Waals surface area contributed by atoms with Gasteiger partial charge in [0, 0.05) is 19.0 Å². The van der Waals surface area contributed by atoms with Crippen molar-refractivity contribution < 1.29 is 14.8 Å². The van der Waals surface area contributed by atoms with E-state index >= 15 is 0 Å². The molecule has 0 aliphatic carbocycles. The number of anilines is 1. The number of nitrogens with zero attached hydrogens (tertiary/aromatic N) is 2. The molecule has 0 aliphatic rings. The first-order chi connectivity index (χ1) is 9.93. The van der Waals surface area contributed by atoms with Gasteiger partial charge in [-0.2, -0.15) is 0 Å². The summed E-state index contributed by atoms with van der Waals surface area (Å²) in [4.78, 5) is 24.7. The lowest BCUT2D eigenvalue weighted by Gasteiger charge is -2.14. The molecular formula is C13H18BrN3O4. The van der Waals surface area contributed by atoms with E-state index in [0.717, 1.165) is 12.8 Å². The number of hydrogen-bond donors (Lipinski definition) is 2. The molecule has 0 spiro atoms. The second-order valence-corrected chi connectivity index (χ2v) is 5.56. The Morgan fingerprint density at radius 2 is 2.29 bits per heavy atom. The Morgan fingerprint density at radius 3 is 2.81 bits per heavy atom. The second kappa shape index (κ2) is 8.56. The number of halogens is 1. The molecule has 1 rings (SSSR count). The summed E-state index contributed by atoms with van der Waals surface area (Å²) in [5.74, 6) is 0.111. The van der Waals surface area contributed by atoms with Crippen LogP contribution in [0.15, 0.2) is 16.7 Å². The Labute approximate surface area is 131 Å². The van der Waals surface area contributed by atoms with Gasteiger partial charge in [0.05, 0.1) is 9.40 Å². The molecule has 21 heavy (non-hydrogen) atoms. The zero-order valence-corrected chi connectivity index (χ0v) is 13.3. The number of carboxylic acids is 1. The number of hydrogen-bond acceptors (Lipinski definition) is 5. The third-order valence-corrected chi connectivity index (χ3v) is 3.83. The molecule has 0 bridgehead atoms. The number of nitro groups is 1. The highest BCUT2D eigenvalue weighted by molar-refractivity contribution is 9.10. The normalized spacial score (nSPS) is 11.9. The average molecular weight is 360 g/mol. The van der Waals surface area contributed by atoms with Gasteiger partial charge in [-0.05, 0) is 34.7 Å². The lowest BCUT2D eigenvalue weighted by atomic mass is 9.97. The number of aromatic nitrogens is 1. The summed E-state index contributed by atoms with van der Waals surface area (Å²) < 4.78 is 0.537. The lowest BCUT2D eigenvalue weighted by molar-refractivity contribution is -0.385. The van der Waals surface area contributed by atoms with E-state index < -0.39 is 10.9 Å². The van der Waals surface area contributed by atoms with Gasteiger partial charge >= 0.3 is 5.97 Å². The standard InChI is InChI=1S/C13H18BrN3O4/c1-2-9(3-4-12(18)19)5-6-15-13-11(14)7-10(8-16-13)17(20)21/h7-9H,2-6H2,1H3,(H,15,16)(H,18,19). The van der Waals surface area contributed by atoms with Crippen molar-refractivity contribution in [3.8, 4) is 0 Å². The number of pyridine rings is 1. The molecule has 0 saturated carbocycles. The number of carboxylic acid groups (broad SMARTS) is 1. The van der Waals surface area contributed by atoms with Crippen LogP contribution in [0.5, 0.6) is 0 Å². The first kappa shape index (κ1) is 17.4. The number of carbonyl (C=O) groups is 1. The van der Waals surface area contributed by atoms with Gasteiger partial charge in [0.2, 0.25) is 0 Å². The summed E-state index contributed by atoms with van der Waals surface area (Å²) in [6.45, 7) is 2.67. The Hall–Kier alpha value is -1.70. The Balaban J connectivity index is 2.47. The van der Waals surface area contributed by atoms with Gasteiger partial charge in [0.25, 0.3) is 5.69 Å². The van der Waals surface area contributed by atoms with Gasteiger partial charge in [-0.15, -0.1) is 0 Å². The molecule has 7 nitrogen and oxygen atoms in total. The van der Waals surface area contributed by atoms with Crippen molar-refractivity contribution >= 4 is 33.4 Å². The molecule has 1 atom stereocenters. The average Bonchev–Trinajstić information content (AvgIpc) is 2.43. The van der Waals surface area contributed by atoms with Crippen molar-refractivity contribution in [2.24, 2.45) is 5.92 Å². The van der Waals surface area contributed by atoms with E-state index in [-0.39, 0.29) is 12.1 Å². The van der Waals surface area contributed by atoms with Crippen molar-refractivity contribution in [3.05, 3.63) is 26.9 Å². The van der Waals surface area contributed by atoms with Crippen LogP contribution < -0.4 is 5.32 Å². The molecular weight excluding hydrogens is 342 g/mol. The lowest BCUT2D eigenvalue weighted by Crippen LogP contribution is -2.11. The SMILES string of the molecule is CCC(CCNc1ncc([N+](=O)[O-])cc1Br)CCC(=O)O. The number of rotatable bonds is 9. The topological polar surface area (TPSA) is 105 Å². The van der Waals surface area contributed by atoms with Crippen LogP contribution in [0, 0.1) is 16.0 Å². The van der Waals surface area contributed by atoms with Gasteiger partial charge in [0.15, 0.2) is 0 Å². The summed E-state index contributed by atoms with van der Waals surface area (Å²) in [6.07, 6.45) is 3.79. The molecule has 0 amide bonds. The van der Waals surface area contributed by atoms with Gasteiger partial charge in [-0.1, -0.05) is 13.3 Å². The first-order valence-electron chi connectivity index (χ1n) is 6.69. The number of aliphatic carboxylic acids is 1. The molecule has 1 unspecified atom stereocenters. The van der Waals surface area contributed by atoms with E-state index in [1.807, 2.05) is 6.92 Å². The fraction of sp³-hybridized carbons (Fsp3) is 0.538. The van der Waals surface area contributed by atoms with Crippen LogP contribution in [0.1, 0.15) is 32.6 Å². The minimum Gasteiger partial charge on any atom is -0.481 e. The van der Waals surface area contributed by atoms with Crippen molar-refractivity contribution in [2.75, 3.05) is 11.9 Å². The Bertz CT molecular complexity index is 510. The van der Waals surface area contributed by atoms with Gasteiger partial charge in [-0.3, -0.25) is 14.9 Å². The molecule has 0 fully saturated rings. The van der Waals surface area contributed by atoms with Crippen LogP contribution in [0.3, 0.4) is 0 Å². The Kier molecular flexibility index (Phi) is 7.07. The maximum absolute atomic E-state index is 10.6. The van der Waals surface area contributed by atoms with E-state index in [2.05, 4.69) is 26.2 Å². The largest absolute Gasteiger partial charge is 0.481 e. The number of nitrogens with one attached hydrogen (secondary N) is 1. The zero-order chi connectivity index (χ0) is 15.8. The molecule has 1 heterocycles. The molecule has 0 saturated heterocycles. The third kappa shape index (κ3) is 6.07. The highest BCUT2D eigenvalue weighted by atomic mass is 79.9. The predicted octanol–water partition coefficient (Wildman–Crippen LogP) is 3.45. The predicted molar refractivity (Wildman–Crippen MR) is 82.3 cm³/mol. The summed E-state index contributed by atoms with van der Waals surface area (Å²) in [6, 6.07) is 1.40. The molecule has 2 N–H and O–H groups in total. The van der Waals surface area contributed by atoms with Crippen LogP contribution in [-0.2, 0) is 4.79 Å². The van der Waals surface area contributed by atoms with E-state index in [1.165, 1.54) is 12.3 Å². The van der Waals surface area contributed by atoms with Crippen molar-refractivity contribution in [3.63, 3.8) is 0 Å². The fourth-order valence-electron chi connectivity index (χ4n) is 1.93. The van der Waals surface area contributed by atoms with E-state index in [0.29, 0.717) is 29.2 Å². The highest BCUT2D eigenvalue weighted by Crippen LogP contribution is 2.25. The maximum atomic E-state index is 10.6. The van der Waals surface area contributed by atoms with Crippen LogP contribution in [0.25, 0.3) is 0 Å². The molecule has 1 aromatic rings. The Morgan fingerprint density at radius 1 is 1.57 bits per heavy atom. The van der Waals surface area contributed by atoms with Crippen molar-refractivity contribution in [1.82, 2.24) is 4.98 Å². The highest BCUT2D eigenvalue weighted by Gasteiger charge is 2.12. The monoisotopic (exact) mass is 359 g/mol. The van der Waals surface area contributed by atoms with Crippen molar-refractivity contribution in [1.29, 1.82) is 0 Å². The summed E-state index contributed by atoms with van der Waals surface area (Å²) >= 11 is 3.24. The van der Waals surface area contributed by atoms with Crippen LogP contribution >= 0.6 is 15.9 Å². The van der Waals surface area contributed by atoms with Gasteiger partial charge in [-0.25, -0.2) is 4.98 Å². The molecule has 1 aromatic heterocycles. The molecule has 0 aromatic carbocycles. The molecule has 0 radical (unpaired) electrons. The molecule has 8 heteroatoms. The quantitative estimate of drug-likeness (QED) is 0.516. The fourth-order valence-corrected chi connectivity index (χ4v) is 2.41. The van der Waals surface area contributed by atoms with E-state index in [1.54, 1.807) is 0 Å². The third-order valence-electron chi connectivity index (χ3n) is 3.23. The maximum Gasteiger partial charge on any atom is 0.303 e. The smallest absolute Gasteiger partial charge is 0.303 e. The molecule has 0 aliphatic heterocycles. The van der Waals surface area contributed by atoms with E-state index in [4.69, 9.17) is 5.11 Å². The first-order valence-corrected chi connectivity index (χ1v) is 7.49. The second-order valence-electron chi connectivity index (χ2n) is 4.70. The summed E-state index contributed by atoms with van der Waals surface area (Å²) in [5, 5.41) is 22.4. The minimum absolute atomic E-state index is 0.0692. The van der Waals surface area contributed by atoms with Crippen LogP contribution in [0.4, 0.5) is 11.5 Å².